The number of aryl methyl sites for hydroxylation is 1. The van der Waals surface area contributed by atoms with Crippen LogP contribution >= 0.6 is 11.6 Å². The molecule has 0 bridgehead atoms. The van der Waals surface area contributed by atoms with Crippen molar-refractivity contribution in [3.05, 3.63) is 76.6 Å². The molecule has 168 valence electrons. The van der Waals surface area contributed by atoms with Gasteiger partial charge in [-0.1, -0.05) is 35.9 Å². The number of nitrogens with zero attached hydrogens (tertiary/aromatic N) is 4. The Morgan fingerprint density at radius 1 is 1.03 bits per heavy atom. The number of anilines is 1. The number of nitrogens with one attached hydrogen (secondary N) is 2. The van der Waals surface area contributed by atoms with E-state index in [9.17, 15) is 4.79 Å². The Hall–Kier alpha value is -3.85. The average Bonchev–Trinajstić information content (AvgIpc) is 3.47. The number of hydrogen-bond donors (Lipinski definition) is 2. The second kappa shape index (κ2) is 9.33. The lowest BCUT2D eigenvalue weighted by Crippen LogP contribution is -2.23. The van der Waals surface area contributed by atoms with Crippen molar-refractivity contribution in [2.24, 2.45) is 0 Å². The van der Waals surface area contributed by atoms with Crippen LogP contribution in [0.1, 0.15) is 23.4 Å². The van der Waals surface area contributed by atoms with Gasteiger partial charge in [0.25, 0.3) is 0 Å². The van der Waals surface area contributed by atoms with E-state index in [1.54, 1.807) is 10.6 Å². The molecule has 4 aromatic rings. The summed E-state index contributed by atoms with van der Waals surface area (Å²) in [5.41, 5.74) is 2.54. The third-order valence-corrected chi connectivity index (χ3v) is 5.62. The molecule has 0 saturated heterocycles. The Kier molecular flexibility index (Phi) is 5.95. The molecule has 1 amide bonds. The van der Waals surface area contributed by atoms with Gasteiger partial charge in [0.15, 0.2) is 23.0 Å². The predicted octanol–water partition coefficient (Wildman–Crippen LogP) is 3.37. The summed E-state index contributed by atoms with van der Waals surface area (Å²) >= 11 is 6.14. The summed E-state index contributed by atoms with van der Waals surface area (Å²) in [6.07, 6.45) is 0.677. The van der Waals surface area contributed by atoms with Gasteiger partial charge in [-0.3, -0.25) is 4.79 Å². The SMILES string of the molecule is O=C(CCc1nnc2ccc(NCc3ccc4c(c3)OCO4)nn12)NCc1ccccc1Cl. The molecule has 0 unspecified atom stereocenters. The maximum Gasteiger partial charge on any atom is 0.231 e. The molecule has 10 heteroatoms. The number of amides is 1. The largest absolute Gasteiger partial charge is 0.454 e. The van der Waals surface area contributed by atoms with Crippen LogP contribution in [0.3, 0.4) is 0 Å². The zero-order valence-electron chi connectivity index (χ0n) is 17.6. The summed E-state index contributed by atoms with van der Waals surface area (Å²) in [6, 6.07) is 16.9. The minimum absolute atomic E-state index is 0.0937. The van der Waals surface area contributed by atoms with Crippen molar-refractivity contribution in [1.82, 2.24) is 25.1 Å². The van der Waals surface area contributed by atoms with E-state index in [1.165, 1.54) is 0 Å². The highest BCUT2D eigenvalue weighted by Crippen LogP contribution is 2.32. The second-order valence-corrected chi connectivity index (χ2v) is 7.92. The van der Waals surface area contributed by atoms with Crippen LogP contribution in [-0.4, -0.2) is 32.5 Å². The molecule has 0 fully saturated rings. The van der Waals surface area contributed by atoms with Gasteiger partial charge in [0.2, 0.25) is 12.7 Å². The lowest BCUT2D eigenvalue weighted by Gasteiger charge is -2.08. The Morgan fingerprint density at radius 3 is 2.82 bits per heavy atom. The van der Waals surface area contributed by atoms with Crippen molar-refractivity contribution >= 4 is 29.0 Å². The quantitative estimate of drug-likeness (QED) is 0.412. The fourth-order valence-corrected chi connectivity index (χ4v) is 3.68. The maximum absolute atomic E-state index is 12.3. The number of rotatable bonds is 8. The first-order chi connectivity index (χ1) is 16.2. The molecular formula is C23H21ClN6O3. The summed E-state index contributed by atoms with van der Waals surface area (Å²) in [6.45, 7) is 1.20. The van der Waals surface area contributed by atoms with Gasteiger partial charge < -0.3 is 20.1 Å². The molecule has 1 aliphatic heterocycles. The van der Waals surface area contributed by atoms with E-state index >= 15 is 0 Å². The summed E-state index contributed by atoms with van der Waals surface area (Å²) in [7, 11) is 0. The highest BCUT2D eigenvalue weighted by molar-refractivity contribution is 6.31. The molecule has 2 aromatic carbocycles. The normalized spacial score (nSPS) is 12.2. The van der Waals surface area contributed by atoms with Crippen LogP contribution < -0.4 is 20.1 Å². The number of carbonyl (C=O) groups excluding carboxylic acids is 1. The van der Waals surface area contributed by atoms with E-state index in [2.05, 4.69) is 25.9 Å². The minimum Gasteiger partial charge on any atom is -0.454 e. The fourth-order valence-electron chi connectivity index (χ4n) is 3.48. The molecule has 0 atom stereocenters. The molecule has 5 rings (SSSR count). The molecule has 0 spiro atoms. The van der Waals surface area contributed by atoms with Crippen molar-refractivity contribution in [2.45, 2.75) is 25.9 Å². The monoisotopic (exact) mass is 464 g/mol. The smallest absolute Gasteiger partial charge is 0.231 e. The number of halogens is 1. The minimum atomic E-state index is -0.0937. The van der Waals surface area contributed by atoms with Gasteiger partial charge in [0.1, 0.15) is 5.82 Å². The summed E-state index contributed by atoms with van der Waals surface area (Å²) in [5.74, 6) is 2.69. The van der Waals surface area contributed by atoms with Crippen LogP contribution in [0.15, 0.2) is 54.6 Å². The van der Waals surface area contributed by atoms with Gasteiger partial charge >= 0.3 is 0 Å². The van der Waals surface area contributed by atoms with Gasteiger partial charge in [-0.05, 0) is 41.5 Å². The third kappa shape index (κ3) is 4.83. The highest BCUT2D eigenvalue weighted by atomic mass is 35.5. The molecule has 1 aliphatic rings. The average molecular weight is 465 g/mol. The van der Waals surface area contributed by atoms with Gasteiger partial charge in [0.05, 0.1) is 0 Å². The fraction of sp³-hybridized carbons (Fsp3) is 0.217. The maximum atomic E-state index is 12.3. The molecule has 0 aliphatic carbocycles. The van der Waals surface area contributed by atoms with E-state index in [0.29, 0.717) is 41.8 Å². The predicted molar refractivity (Wildman–Crippen MR) is 122 cm³/mol. The summed E-state index contributed by atoms with van der Waals surface area (Å²) < 4.78 is 12.4. The number of carbonyl (C=O) groups is 1. The molecule has 2 aromatic heterocycles. The van der Waals surface area contributed by atoms with Crippen molar-refractivity contribution in [3.8, 4) is 11.5 Å². The van der Waals surface area contributed by atoms with Crippen molar-refractivity contribution in [1.29, 1.82) is 0 Å². The summed E-state index contributed by atoms with van der Waals surface area (Å²) in [4.78, 5) is 12.3. The van der Waals surface area contributed by atoms with Gasteiger partial charge in [-0.25, -0.2) is 0 Å². The van der Waals surface area contributed by atoms with E-state index < -0.39 is 0 Å². The van der Waals surface area contributed by atoms with Gasteiger partial charge in [-0.15, -0.1) is 15.3 Å². The van der Waals surface area contributed by atoms with Crippen LogP contribution in [0, 0.1) is 0 Å². The first-order valence-electron chi connectivity index (χ1n) is 10.5. The van der Waals surface area contributed by atoms with Gasteiger partial charge in [0, 0.05) is 31.0 Å². The molecule has 9 nitrogen and oxygen atoms in total. The van der Waals surface area contributed by atoms with Crippen molar-refractivity contribution in [3.63, 3.8) is 0 Å². The Labute approximate surface area is 194 Å². The highest BCUT2D eigenvalue weighted by Gasteiger charge is 2.14. The van der Waals surface area contributed by atoms with Crippen molar-refractivity contribution < 1.29 is 14.3 Å². The number of aromatic nitrogens is 4. The number of ether oxygens (including phenoxy) is 2. The first kappa shape index (κ1) is 21.0. The topological polar surface area (TPSA) is 103 Å². The van der Waals surface area contributed by atoms with Crippen LogP contribution in [0.25, 0.3) is 5.65 Å². The van der Waals surface area contributed by atoms with Gasteiger partial charge in [-0.2, -0.15) is 4.52 Å². The van der Waals surface area contributed by atoms with Crippen molar-refractivity contribution in [2.75, 3.05) is 12.1 Å². The zero-order valence-corrected chi connectivity index (χ0v) is 18.4. The van der Waals surface area contributed by atoms with E-state index in [0.717, 1.165) is 22.6 Å². The molecular weight excluding hydrogens is 444 g/mol. The molecule has 0 radical (unpaired) electrons. The Bertz CT molecular complexity index is 1310. The van der Waals surface area contributed by atoms with E-state index in [4.69, 9.17) is 21.1 Å². The zero-order chi connectivity index (χ0) is 22.6. The standard InChI is InChI=1S/C23H21ClN6O3/c24-17-4-2-1-3-16(17)13-26-23(31)10-9-22-28-27-21-8-7-20(29-30(21)22)25-12-15-5-6-18-19(11-15)33-14-32-18/h1-8,11H,9-10,12-14H2,(H,25,29)(H,26,31). The molecule has 0 saturated carbocycles. The van der Waals surface area contributed by atoms with Crippen LogP contribution in [0.5, 0.6) is 11.5 Å². The van der Waals surface area contributed by atoms with E-state index in [1.807, 2.05) is 48.5 Å². The van der Waals surface area contributed by atoms with Crippen LogP contribution in [0.4, 0.5) is 5.82 Å². The number of benzene rings is 2. The number of fused-ring (bicyclic) bond motifs is 2. The first-order valence-corrected chi connectivity index (χ1v) is 10.9. The lowest BCUT2D eigenvalue weighted by atomic mass is 10.2. The Morgan fingerprint density at radius 2 is 1.91 bits per heavy atom. The Balaban J connectivity index is 1.19. The molecule has 33 heavy (non-hydrogen) atoms. The molecule has 3 heterocycles. The lowest BCUT2D eigenvalue weighted by molar-refractivity contribution is -0.121. The summed E-state index contributed by atoms with van der Waals surface area (Å²) in [5, 5.41) is 19.7. The van der Waals surface area contributed by atoms with E-state index in [-0.39, 0.29) is 19.1 Å². The number of hydrogen-bond acceptors (Lipinski definition) is 7. The molecule has 2 N–H and O–H groups in total. The second-order valence-electron chi connectivity index (χ2n) is 7.51. The van der Waals surface area contributed by atoms with Crippen LogP contribution in [0.2, 0.25) is 5.02 Å². The third-order valence-electron chi connectivity index (χ3n) is 5.25. The van der Waals surface area contributed by atoms with Crippen LogP contribution in [-0.2, 0) is 24.3 Å².